The molecule has 4 heteroatoms. The Balaban J connectivity index is 1.55. The van der Waals surface area contributed by atoms with E-state index in [-0.39, 0.29) is 34.7 Å². The molecule has 8 atom stereocenters. The second-order valence-electron chi connectivity index (χ2n) is 12.2. The topological polar surface area (TPSA) is 49.4 Å². The monoisotopic (exact) mass is 414 g/mol. The van der Waals surface area contributed by atoms with Gasteiger partial charge in [0.15, 0.2) is 5.78 Å². The van der Waals surface area contributed by atoms with Gasteiger partial charge in [0, 0.05) is 23.5 Å². The fourth-order valence-corrected chi connectivity index (χ4v) is 7.92. The smallest absolute Gasteiger partial charge is 0.225 e. The highest BCUT2D eigenvalue weighted by molar-refractivity contribution is 5.95. The molecule has 4 aliphatic rings. The Labute approximate surface area is 183 Å². The lowest BCUT2D eigenvalue weighted by atomic mass is 9.51. The zero-order valence-corrected chi connectivity index (χ0v) is 20.1. The van der Waals surface area contributed by atoms with Crippen LogP contribution in [-0.4, -0.2) is 40.8 Å². The lowest BCUT2D eigenvalue weighted by Gasteiger charge is -2.61. The Kier molecular flexibility index (Phi) is 5.28. The van der Waals surface area contributed by atoms with E-state index >= 15 is 0 Å². The molecule has 0 aromatic carbocycles. The third-order valence-corrected chi connectivity index (χ3v) is 9.69. The summed E-state index contributed by atoms with van der Waals surface area (Å²) in [5, 5.41) is 3.36. The standard InChI is InChI=1S/C26H42N2O2/c1-16(27-23(30)24(3,4)5)19-8-9-20-18-12-15-28-17(2)22(29)11-14-26(28,7)21(18)10-13-25(19,20)6/h11,14,16-21H,8-10,12-13,15H2,1-7H3,(H,27,30)/t16?,17?,18-,19+,20-,21-,25+,26+/m0/s1. The van der Waals surface area contributed by atoms with Crippen LogP contribution in [0.1, 0.15) is 80.6 Å². The maximum Gasteiger partial charge on any atom is 0.225 e. The van der Waals surface area contributed by atoms with Gasteiger partial charge in [-0.3, -0.25) is 14.5 Å². The molecule has 1 amide bonds. The molecule has 0 spiro atoms. The van der Waals surface area contributed by atoms with Crippen LogP contribution in [0.4, 0.5) is 0 Å². The minimum absolute atomic E-state index is 0.0122. The van der Waals surface area contributed by atoms with E-state index in [0.29, 0.717) is 17.3 Å². The fourth-order valence-electron chi connectivity index (χ4n) is 7.92. The SMILES string of the molecule is CC(NC(=O)C(C)(C)C)[C@H]1CC[C@H]2[C@@H]3CCN4C(C)C(=O)C=C[C@]4(C)[C@H]3CC[C@]12C. The van der Waals surface area contributed by atoms with Gasteiger partial charge in [0.05, 0.1) is 6.04 Å². The summed E-state index contributed by atoms with van der Waals surface area (Å²) in [7, 11) is 0. The summed E-state index contributed by atoms with van der Waals surface area (Å²) in [4.78, 5) is 27.4. The Morgan fingerprint density at radius 2 is 1.87 bits per heavy atom. The molecule has 4 rings (SSSR count). The van der Waals surface area contributed by atoms with Gasteiger partial charge in [-0.1, -0.05) is 33.8 Å². The van der Waals surface area contributed by atoms with Crippen LogP contribution in [0.2, 0.25) is 0 Å². The number of hydrogen-bond donors (Lipinski definition) is 1. The number of fused-ring (bicyclic) bond motifs is 5. The number of piperidine rings is 1. The Hall–Kier alpha value is -1.16. The van der Waals surface area contributed by atoms with Gasteiger partial charge in [-0.25, -0.2) is 0 Å². The zero-order chi connectivity index (χ0) is 22.1. The number of hydrogen-bond acceptors (Lipinski definition) is 3. The lowest BCUT2D eigenvalue weighted by molar-refractivity contribution is -0.135. The average molecular weight is 415 g/mol. The van der Waals surface area contributed by atoms with Crippen molar-refractivity contribution in [3.8, 4) is 0 Å². The number of nitrogens with zero attached hydrogens (tertiary/aromatic N) is 1. The highest BCUT2D eigenvalue weighted by Gasteiger charge is 2.60. The molecule has 4 nitrogen and oxygen atoms in total. The molecule has 2 aliphatic heterocycles. The molecule has 0 radical (unpaired) electrons. The highest BCUT2D eigenvalue weighted by atomic mass is 16.2. The first-order valence-electron chi connectivity index (χ1n) is 12.2. The molecule has 2 aliphatic carbocycles. The molecule has 1 N–H and O–H groups in total. The van der Waals surface area contributed by atoms with Gasteiger partial charge in [-0.15, -0.1) is 0 Å². The molecule has 2 saturated carbocycles. The van der Waals surface area contributed by atoms with E-state index in [1.807, 2.05) is 26.8 Å². The van der Waals surface area contributed by atoms with Crippen LogP contribution in [-0.2, 0) is 9.59 Å². The van der Waals surface area contributed by atoms with Crippen molar-refractivity contribution < 1.29 is 9.59 Å². The minimum Gasteiger partial charge on any atom is -0.353 e. The van der Waals surface area contributed by atoms with Gasteiger partial charge in [0.2, 0.25) is 5.91 Å². The van der Waals surface area contributed by atoms with Gasteiger partial charge < -0.3 is 5.32 Å². The molecule has 168 valence electrons. The van der Waals surface area contributed by atoms with Crippen molar-refractivity contribution >= 4 is 11.7 Å². The van der Waals surface area contributed by atoms with Crippen molar-refractivity contribution in [1.82, 2.24) is 10.2 Å². The van der Waals surface area contributed by atoms with E-state index in [0.717, 1.165) is 18.4 Å². The summed E-state index contributed by atoms with van der Waals surface area (Å²) in [6.07, 6.45) is 10.3. The summed E-state index contributed by atoms with van der Waals surface area (Å²) >= 11 is 0. The molecule has 1 saturated heterocycles. The predicted molar refractivity (Wildman–Crippen MR) is 121 cm³/mol. The third-order valence-electron chi connectivity index (χ3n) is 9.69. The molecule has 0 aromatic heterocycles. The van der Waals surface area contributed by atoms with Crippen LogP contribution in [0.15, 0.2) is 12.2 Å². The highest BCUT2D eigenvalue weighted by Crippen LogP contribution is 2.63. The second kappa shape index (κ2) is 7.18. The molecule has 0 bridgehead atoms. The van der Waals surface area contributed by atoms with Crippen LogP contribution >= 0.6 is 0 Å². The third kappa shape index (κ3) is 3.20. The molecule has 2 heterocycles. The summed E-state index contributed by atoms with van der Waals surface area (Å²) < 4.78 is 0. The Morgan fingerprint density at radius 1 is 1.17 bits per heavy atom. The van der Waals surface area contributed by atoms with Gasteiger partial charge in [-0.2, -0.15) is 0 Å². The number of amides is 1. The number of nitrogens with one attached hydrogen (secondary N) is 1. The number of carbonyl (C=O) groups excluding carboxylic acids is 2. The van der Waals surface area contributed by atoms with Gasteiger partial charge in [0.25, 0.3) is 0 Å². The second-order valence-corrected chi connectivity index (χ2v) is 12.2. The molecular formula is C26H42N2O2. The molecule has 3 fully saturated rings. The Morgan fingerprint density at radius 3 is 2.53 bits per heavy atom. The quantitative estimate of drug-likeness (QED) is 0.719. The molecule has 2 unspecified atom stereocenters. The van der Waals surface area contributed by atoms with E-state index in [9.17, 15) is 9.59 Å². The van der Waals surface area contributed by atoms with Crippen LogP contribution in [0.5, 0.6) is 0 Å². The first kappa shape index (κ1) is 22.0. The van der Waals surface area contributed by atoms with Crippen molar-refractivity contribution in [3.63, 3.8) is 0 Å². The maximum absolute atomic E-state index is 12.6. The van der Waals surface area contributed by atoms with E-state index in [1.54, 1.807) is 0 Å². The van der Waals surface area contributed by atoms with Crippen LogP contribution in [0.3, 0.4) is 0 Å². The summed E-state index contributed by atoms with van der Waals surface area (Å²) in [6.45, 7) is 16.2. The zero-order valence-electron chi connectivity index (χ0n) is 20.1. The summed E-state index contributed by atoms with van der Waals surface area (Å²) in [5.41, 5.74) is -0.0144. The first-order chi connectivity index (χ1) is 13.9. The lowest BCUT2D eigenvalue weighted by Crippen LogP contribution is -2.65. The van der Waals surface area contributed by atoms with Crippen LogP contribution in [0.25, 0.3) is 0 Å². The number of rotatable bonds is 2. The normalized spacial score (nSPS) is 44.8. The maximum atomic E-state index is 12.6. The molecule has 0 aromatic rings. The van der Waals surface area contributed by atoms with Crippen molar-refractivity contribution in [2.45, 2.75) is 98.2 Å². The van der Waals surface area contributed by atoms with Crippen molar-refractivity contribution in [2.75, 3.05) is 6.54 Å². The van der Waals surface area contributed by atoms with E-state index in [1.165, 1.54) is 32.1 Å². The van der Waals surface area contributed by atoms with Crippen LogP contribution in [0, 0.1) is 34.5 Å². The van der Waals surface area contributed by atoms with E-state index in [2.05, 4.69) is 44.0 Å². The van der Waals surface area contributed by atoms with Gasteiger partial charge in [-0.05, 0) is 88.0 Å². The van der Waals surface area contributed by atoms with Gasteiger partial charge >= 0.3 is 0 Å². The number of ketones is 1. The van der Waals surface area contributed by atoms with E-state index < -0.39 is 0 Å². The average Bonchev–Trinajstić information content (AvgIpc) is 3.01. The van der Waals surface area contributed by atoms with Gasteiger partial charge in [0.1, 0.15) is 0 Å². The van der Waals surface area contributed by atoms with Crippen molar-refractivity contribution in [3.05, 3.63) is 12.2 Å². The predicted octanol–water partition coefficient (Wildman–Crippen LogP) is 4.59. The largest absolute Gasteiger partial charge is 0.353 e. The summed E-state index contributed by atoms with van der Waals surface area (Å²) in [6, 6.07) is 0.240. The molecular weight excluding hydrogens is 372 g/mol. The van der Waals surface area contributed by atoms with E-state index in [4.69, 9.17) is 0 Å². The number of carbonyl (C=O) groups is 2. The Bertz CT molecular complexity index is 753. The minimum atomic E-state index is -0.340. The first-order valence-corrected chi connectivity index (χ1v) is 12.2. The summed E-state index contributed by atoms with van der Waals surface area (Å²) in [5.74, 6) is 3.08. The fraction of sp³-hybridized carbons (Fsp3) is 0.846. The van der Waals surface area contributed by atoms with Crippen molar-refractivity contribution in [2.24, 2.45) is 34.5 Å². The van der Waals surface area contributed by atoms with Crippen LogP contribution < -0.4 is 5.32 Å². The molecule has 30 heavy (non-hydrogen) atoms. The van der Waals surface area contributed by atoms with Crippen molar-refractivity contribution in [1.29, 1.82) is 0 Å².